The average Bonchev–Trinajstić information content (AvgIpc) is 2.32. The summed E-state index contributed by atoms with van der Waals surface area (Å²) < 4.78 is 0. The number of hydrogen-bond donors (Lipinski definition) is 1. The van der Waals surface area contributed by atoms with Gasteiger partial charge in [0.05, 0.1) is 0 Å². The second-order valence-corrected chi connectivity index (χ2v) is 5.87. The van der Waals surface area contributed by atoms with E-state index in [2.05, 4.69) is 49.1 Å². The predicted octanol–water partition coefficient (Wildman–Crippen LogP) is 3.29. The molecule has 1 aliphatic rings. The van der Waals surface area contributed by atoms with Gasteiger partial charge in [-0.2, -0.15) is 11.8 Å². The number of aryl methyl sites for hydroxylation is 2. The SMILES string of the molecule is Cc1ccc(C)c(CNC2CCCSC2)c1. The first-order valence-electron chi connectivity index (χ1n) is 6.13. The lowest BCUT2D eigenvalue weighted by Crippen LogP contribution is -2.33. The third-order valence-electron chi connectivity index (χ3n) is 3.25. The Labute approximate surface area is 103 Å². The molecule has 0 amide bonds. The van der Waals surface area contributed by atoms with E-state index >= 15 is 0 Å². The normalized spacial score (nSPS) is 21.0. The summed E-state index contributed by atoms with van der Waals surface area (Å²) in [7, 11) is 0. The molecule has 1 aromatic rings. The molecule has 0 spiro atoms. The highest BCUT2D eigenvalue weighted by molar-refractivity contribution is 7.99. The maximum absolute atomic E-state index is 3.69. The second kappa shape index (κ2) is 5.74. The molecule has 1 fully saturated rings. The van der Waals surface area contributed by atoms with Gasteiger partial charge in [0.25, 0.3) is 0 Å². The van der Waals surface area contributed by atoms with E-state index in [0.29, 0.717) is 0 Å². The summed E-state index contributed by atoms with van der Waals surface area (Å²) in [6.45, 7) is 5.39. The van der Waals surface area contributed by atoms with E-state index < -0.39 is 0 Å². The Morgan fingerprint density at radius 2 is 2.25 bits per heavy atom. The van der Waals surface area contributed by atoms with Crippen LogP contribution in [0.1, 0.15) is 29.5 Å². The van der Waals surface area contributed by atoms with Gasteiger partial charge in [-0.25, -0.2) is 0 Å². The lowest BCUT2D eigenvalue weighted by Gasteiger charge is -2.23. The van der Waals surface area contributed by atoms with E-state index in [0.717, 1.165) is 12.6 Å². The highest BCUT2D eigenvalue weighted by atomic mass is 32.2. The maximum atomic E-state index is 3.69. The van der Waals surface area contributed by atoms with Crippen molar-refractivity contribution < 1.29 is 0 Å². The van der Waals surface area contributed by atoms with Crippen molar-refractivity contribution >= 4 is 11.8 Å². The van der Waals surface area contributed by atoms with Crippen molar-refractivity contribution in [2.24, 2.45) is 0 Å². The summed E-state index contributed by atoms with van der Waals surface area (Å²) in [6, 6.07) is 7.44. The lowest BCUT2D eigenvalue weighted by atomic mass is 10.1. The highest BCUT2D eigenvalue weighted by Gasteiger charge is 2.12. The summed E-state index contributed by atoms with van der Waals surface area (Å²) in [5, 5.41) is 3.69. The Balaban J connectivity index is 1.90. The standard InChI is InChI=1S/C14H21NS/c1-11-5-6-12(2)13(8-11)9-15-14-4-3-7-16-10-14/h5-6,8,14-15H,3-4,7,9-10H2,1-2H3. The van der Waals surface area contributed by atoms with E-state index in [1.807, 2.05) is 0 Å². The third kappa shape index (κ3) is 3.26. The van der Waals surface area contributed by atoms with Crippen molar-refractivity contribution in [2.75, 3.05) is 11.5 Å². The summed E-state index contributed by atoms with van der Waals surface area (Å²) in [4.78, 5) is 0. The molecule has 0 radical (unpaired) electrons. The van der Waals surface area contributed by atoms with Crippen LogP contribution >= 0.6 is 11.8 Å². The number of hydrogen-bond acceptors (Lipinski definition) is 2. The Hall–Kier alpha value is -0.470. The number of benzene rings is 1. The predicted molar refractivity (Wildman–Crippen MR) is 73.1 cm³/mol. The first-order valence-corrected chi connectivity index (χ1v) is 7.28. The molecular weight excluding hydrogens is 214 g/mol. The molecule has 1 heterocycles. The van der Waals surface area contributed by atoms with E-state index in [1.165, 1.54) is 41.0 Å². The molecule has 0 bridgehead atoms. The summed E-state index contributed by atoms with van der Waals surface area (Å²) in [5.74, 6) is 2.63. The van der Waals surface area contributed by atoms with Crippen molar-refractivity contribution in [3.05, 3.63) is 34.9 Å². The van der Waals surface area contributed by atoms with Crippen LogP contribution in [0, 0.1) is 13.8 Å². The molecule has 1 N–H and O–H groups in total. The van der Waals surface area contributed by atoms with Crippen LogP contribution in [0.25, 0.3) is 0 Å². The van der Waals surface area contributed by atoms with E-state index in [-0.39, 0.29) is 0 Å². The van der Waals surface area contributed by atoms with Gasteiger partial charge in [-0.15, -0.1) is 0 Å². The van der Waals surface area contributed by atoms with E-state index in [1.54, 1.807) is 0 Å². The Kier molecular flexibility index (Phi) is 4.30. The van der Waals surface area contributed by atoms with Crippen LogP contribution in [-0.2, 0) is 6.54 Å². The fourth-order valence-electron chi connectivity index (χ4n) is 2.15. The number of nitrogens with one attached hydrogen (secondary N) is 1. The first kappa shape index (κ1) is 12.0. The lowest BCUT2D eigenvalue weighted by molar-refractivity contribution is 0.507. The van der Waals surface area contributed by atoms with Gasteiger partial charge in [0.15, 0.2) is 0 Å². The Bertz CT molecular complexity index is 343. The van der Waals surface area contributed by atoms with Crippen molar-refractivity contribution in [1.82, 2.24) is 5.32 Å². The number of rotatable bonds is 3. The first-order chi connectivity index (χ1) is 7.75. The summed E-state index contributed by atoms with van der Waals surface area (Å²) in [6.07, 6.45) is 2.72. The minimum Gasteiger partial charge on any atom is -0.309 e. The molecule has 2 rings (SSSR count). The number of thioether (sulfide) groups is 1. The second-order valence-electron chi connectivity index (χ2n) is 4.72. The van der Waals surface area contributed by atoms with Crippen molar-refractivity contribution in [3.8, 4) is 0 Å². The summed E-state index contributed by atoms with van der Waals surface area (Å²) >= 11 is 2.08. The molecule has 0 aromatic heterocycles. The van der Waals surface area contributed by atoms with Crippen molar-refractivity contribution in [2.45, 2.75) is 39.3 Å². The van der Waals surface area contributed by atoms with Gasteiger partial charge in [0, 0.05) is 18.3 Å². The van der Waals surface area contributed by atoms with Crippen molar-refractivity contribution in [3.63, 3.8) is 0 Å². The quantitative estimate of drug-likeness (QED) is 0.863. The smallest absolute Gasteiger partial charge is 0.0211 e. The Morgan fingerprint density at radius 1 is 1.38 bits per heavy atom. The van der Waals surface area contributed by atoms with Gasteiger partial charge in [-0.05, 0) is 43.6 Å². The van der Waals surface area contributed by atoms with E-state index in [9.17, 15) is 0 Å². The molecular formula is C14H21NS. The minimum atomic E-state index is 0.721. The fourth-order valence-corrected chi connectivity index (χ4v) is 3.25. The van der Waals surface area contributed by atoms with Gasteiger partial charge >= 0.3 is 0 Å². The zero-order valence-corrected chi connectivity index (χ0v) is 11.1. The van der Waals surface area contributed by atoms with Gasteiger partial charge < -0.3 is 5.32 Å². The van der Waals surface area contributed by atoms with Crippen LogP contribution < -0.4 is 5.32 Å². The maximum Gasteiger partial charge on any atom is 0.0211 e. The highest BCUT2D eigenvalue weighted by Crippen LogP contribution is 2.18. The molecule has 1 unspecified atom stereocenters. The van der Waals surface area contributed by atoms with Crippen LogP contribution in [0.4, 0.5) is 0 Å². The van der Waals surface area contributed by atoms with Gasteiger partial charge in [0.1, 0.15) is 0 Å². The molecule has 1 aromatic carbocycles. The molecule has 0 aliphatic carbocycles. The fraction of sp³-hybridized carbons (Fsp3) is 0.571. The van der Waals surface area contributed by atoms with Gasteiger partial charge in [-0.1, -0.05) is 23.8 Å². The largest absolute Gasteiger partial charge is 0.309 e. The van der Waals surface area contributed by atoms with Crippen molar-refractivity contribution in [1.29, 1.82) is 0 Å². The van der Waals surface area contributed by atoms with Gasteiger partial charge in [-0.3, -0.25) is 0 Å². The van der Waals surface area contributed by atoms with Crippen LogP contribution in [0.15, 0.2) is 18.2 Å². The van der Waals surface area contributed by atoms with Gasteiger partial charge in [0.2, 0.25) is 0 Å². The average molecular weight is 235 g/mol. The molecule has 88 valence electrons. The van der Waals surface area contributed by atoms with Crippen LogP contribution in [0.2, 0.25) is 0 Å². The van der Waals surface area contributed by atoms with Crippen LogP contribution in [-0.4, -0.2) is 17.5 Å². The molecule has 0 saturated carbocycles. The minimum absolute atomic E-state index is 0.721. The zero-order valence-electron chi connectivity index (χ0n) is 10.3. The molecule has 1 aliphatic heterocycles. The molecule has 16 heavy (non-hydrogen) atoms. The molecule has 2 heteroatoms. The Morgan fingerprint density at radius 3 is 3.00 bits per heavy atom. The zero-order chi connectivity index (χ0) is 11.4. The molecule has 1 saturated heterocycles. The molecule has 1 atom stereocenters. The van der Waals surface area contributed by atoms with Crippen LogP contribution in [0.3, 0.4) is 0 Å². The topological polar surface area (TPSA) is 12.0 Å². The van der Waals surface area contributed by atoms with Crippen LogP contribution in [0.5, 0.6) is 0 Å². The third-order valence-corrected chi connectivity index (χ3v) is 4.46. The van der Waals surface area contributed by atoms with E-state index in [4.69, 9.17) is 0 Å². The summed E-state index contributed by atoms with van der Waals surface area (Å²) in [5.41, 5.74) is 4.22. The monoisotopic (exact) mass is 235 g/mol. The molecule has 1 nitrogen and oxygen atoms in total.